The summed E-state index contributed by atoms with van der Waals surface area (Å²) < 4.78 is 5.07. The smallest absolute Gasteiger partial charge is 0.236 e. The van der Waals surface area contributed by atoms with Gasteiger partial charge in [0.15, 0.2) is 5.82 Å². The van der Waals surface area contributed by atoms with E-state index >= 15 is 0 Å². The highest BCUT2D eigenvalue weighted by molar-refractivity contribution is 7.98. The van der Waals surface area contributed by atoms with Gasteiger partial charge in [-0.3, -0.25) is 4.98 Å². The maximum Gasteiger partial charge on any atom is 0.236 e. The van der Waals surface area contributed by atoms with Gasteiger partial charge in [-0.1, -0.05) is 11.2 Å². The molecule has 86 valence electrons. The van der Waals surface area contributed by atoms with Crippen LogP contribution < -0.4 is 0 Å². The Hall–Kier alpha value is -1.87. The van der Waals surface area contributed by atoms with Crippen molar-refractivity contribution < 1.29 is 4.52 Å². The largest absolute Gasteiger partial charge is 0.338 e. The molecule has 0 aliphatic carbocycles. The summed E-state index contributed by atoms with van der Waals surface area (Å²) in [7, 11) is 0. The zero-order valence-corrected chi connectivity index (χ0v) is 9.85. The molecule has 0 N–H and O–H groups in total. The molecule has 2 rings (SSSR count). The van der Waals surface area contributed by atoms with Crippen molar-refractivity contribution in [2.75, 3.05) is 5.75 Å². The van der Waals surface area contributed by atoms with E-state index in [4.69, 9.17) is 9.78 Å². The number of thioether (sulfide) groups is 1. The number of aromatic nitrogens is 3. The topological polar surface area (TPSA) is 75.6 Å². The predicted molar refractivity (Wildman–Crippen MR) is 63.1 cm³/mol. The Morgan fingerprint density at radius 2 is 2.41 bits per heavy atom. The lowest BCUT2D eigenvalue weighted by Gasteiger charge is -1.93. The van der Waals surface area contributed by atoms with Crippen LogP contribution in [0.1, 0.15) is 17.3 Å². The molecule has 5 nitrogen and oxygen atoms in total. The van der Waals surface area contributed by atoms with Crippen LogP contribution in [0.3, 0.4) is 0 Å². The van der Waals surface area contributed by atoms with Crippen LogP contribution in [0.4, 0.5) is 0 Å². The Bertz CT molecular complexity index is 506. The second-order valence-corrected chi connectivity index (χ2v) is 4.28. The number of hydrogen-bond donors (Lipinski definition) is 0. The summed E-state index contributed by atoms with van der Waals surface area (Å²) in [6.07, 6.45) is 4.12. The first-order chi connectivity index (χ1) is 8.38. The van der Waals surface area contributed by atoms with E-state index in [0.717, 1.165) is 5.56 Å². The van der Waals surface area contributed by atoms with Crippen LogP contribution >= 0.6 is 11.8 Å². The van der Waals surface area contributed by atoms with Gasteiger partial charge in [-0.25, -0.2) is 0 Å². The molecule has 2 heterocycles. The van der Waals surface area contributed by atoms with E-state index in [1.54, 1.807) is 12.4 Å². The SMILES string of the molecule is N#CCSCc1nc(Cc2cccnc2)no1. The van der Waals surface area contributed by atoms with Gasteiger partial charge in [0, 0.05) is 18.8 Å². The van der Waals surface area contributed by atoms with Crippen LogP contribution in [0.25, 0.3) is 0 Å². The molecule has 0 spiro atoms. The summed E-state index contributed by atoms with van der Waals surface area (Å²) in [5, 5.41) is 12.3. The summed E-state index contributed by atoms with van der Waals surface area (Å²) in [6.45, 7) is 0. The van der Waals surface area contributed by atoms with Crippen molar-refractivity contribution in [1.82, 2.24) is 15.1 Å². The van der Waals surface area contributed by atoms with Crippen LogP contribution in [0, 0.1) is 11.3 Å². The van der Waals surface area contributed by atoms with Gasteiger partial charge in [0.05, 0.1) is 17.6 Å². The average molecular weight is 246 g/mol. The molecule has 0 aromatic carbocycles. The lowest BCUT2D eigenvalue weighted by molar-refractivity contribution is 0.386. The van der Waals surface area contributed by atoms with E-state index in [1.165, 1.54) is 11.8 Å². The second kappa shape index (κ2) is 6.01. The molecule has 2 aromatic heterocycles. The van der Waals surface area contributed by atoms with Crippen LogP contribution in [0.2, 0.25) is 0 Å². The lowest BCUT2D eigenvalue weighted by atomic mass is 10.2. The van der Waals surface area contributed by atoms with E-state index in [1.807, 2.05) is 18.2 Å². The molecule has 0 aliphatic rings. The molecule has 6 heteroatoms. The molecule has 0 unspecified atom stereocenters. The molecule has 0 radical (unpaired) electrons. The number of nitrogens with zero attached hydrogens (tertiary/aromatic N) is 4. The fraction of sp³-hybridized carbons (Fsp3) is 0.273. The zero-order valence-electron chi connectivity index (χ0n) is 9.04. The Labute approximate surface area is 103 Å². The third-order valence-electron chi connectivity index (χ3n) is 1.99. The minimum Gasteiger partial charge on any atom is -0.338 e. The highest BCUT2D eigenvalue weighted by Gasteiger charge is 2.06. The molecule has 0 amide bonds. The van der Waals surface area contributed by atoms with Gasteiger partial charge < -0.3 is 4.52 Å². The van der Waals surface area contributed by atoms with Gasteiger partial charge in [-0.05, 0) is 11.6 Å². The third-order valence-corrected chi connectivity index (χ3v) is 2.77. The lowest BCUT2D eigenvalue weighted by Crippen LogP contribution is -1.91. The fourth-order valence-corrected chi connectivity index (χ4v) is 1.78. The van der Waals surface area contributed by atoms with Crippen molar-refractivity contribution in [3.63, 3.8) is 0 Å². The summed E-state index contributed by atoms with van der Waals surface area (Å²) in [4.78, 5) is 8.26. The molecular formula is C11H10N4OS. The Balaban J connectivity index is 1.93. The van der Waals surface area contributed by atoms with Crippen molar-refractivity contribution in [3.8, 4) is 6.07 Å². The van der Waals surface area contributed by atoms with Crippen molar-refractivity contribution >= 4 is 11.8 Å². The highest BCUT2D eigenvalue weighted by atomic mass is 32.2. The Morgan fingerprint density at radius 3 is 3.18 bits per heavy atom. The maximum atomic E-state index is 8.40. The Kier molecular flexibility index (Phi) is 4.11. The van der Waals surface area contributed by atoms with Crippen molar-refractivity contribution in [1.29, 1.82) is 5.26 Å². The Morgan fingerprint density at radius 1 is 1.47 bits per heavy atom. The molecule has 0 fully saturated rings. The van der Waals surface area contributed by atoms with Crippen molar-refractivity contribution in [2.45, 2.75) is 12.2 Å². The van der Waals surface area contributed by atoms with E-state index in [2.05, 4.69) is 15.1 Å². The second-order valence-electron chi connectivity index (χ2n) is 3.29. The summed E-state index contributed by atoms with van der Waals surface area (Å²) in [5.74, 6) is 2.21. The van der Waals surface area contributed by atoms with Gasteiger partial charge in [-0.15, -0.1) is 11.8 Å². The maximum absolute atomic E-state index is 8.40. The first-order valence-corrected chi connectivity index (χ1v) is 6.19. The standard InChI is InChI=1S/C11H10N4OS/c12-3-5-17-8-11-14-10(15-16-11)6-9-2-1-4-13-7-9/h1-2,4,7H,5-6,8H2. The zero-order chi connectivity index (χ0) is 11.9. The first kappa shape index (κ1) is 11.6. The number of pyridine rings is 1. The quantitative estimate of drug-likeness (QED) is 0.749. The third kappa shape index (κ3) is 3.57. The predicted octanol–water partition coefficient (Wildman–Crippen LogP) is 1.81. The number of hydrogen-bond acceptors (Lipinski definition) is 6. The molecule has 2 aromatic rings. The van der Waals surface area contributed by atoms with Gasteiger partial charge >= 0.3 is 0 Å². The molecular weight excluding hydrogens is 236 g/mol. The van der Waals surface area contributed by atoms with Crippen molar-refractivity contribution in [2.24, 2.45) is 0 Å². The van der Waals surface area contributed by atoms with Crippen LogP contribution in [-0.2, 0) is 12.2 Å². The summed E-state index contributed by atoms with van der Waals surface area (Å²) >= 11 is 1.46. The molecule has 0 atom stereocenters. The highest BCUT2D eigenvalue weighted by Crippen LogP contribution is 2.11. The van der Waals surface area contributed by atoms with Gasteiger partial charge in [0.1, 0.15) is 0 Å². The van der Waals surface area contributed by atoms with Crippen LogP contribution in [0.5, 0.6) is 0 Å². The van der Waals surface area contributed by atoms with E-state index in [9.17, 15) is 0 Å². The fourth-order valence-electron chi connectivity index (χ4n) is 1.29. The number of nitriles is 1. The van der Waals surface area contributed by atoms with Crippen LogP contribution in [-0.4, -0.2) is 20.9 Å². The van der Waals surface area contributed by atoms with E-state index in [0.29, 0.717) is 29.6 Å². The normalized spacial score (nSPS) is 10.1. The monoisotopic (exact) mass is 246 g/mol. The first-order valence-electron chi connectivity index (χ1n) is 5.03. The van der Waals surface area contributed by atoms with Gasteiger partial charge in [0.2, 0.25) is 5.89 Å². The average Bonchev–Trinajstić information content (AvgIpc) is 2.79. The van der Waals surface area contributed by atoms with Crippen LogP contribution in [0.15, 0.2) is 29.0 Å². The van der Waals surface area contributed by atoms with E-state index < -0.39 is 0 Å². The van der Waals surface area contributed by atoms with E-state index in [-0.39, 0.29) is 0 Å². The molecule has 0 aliphatic heterocycles. The summed E-state index contributed by atoms with van der Waals surface area (Å²) in [6, 6.07) is 5.89. The number of rotatable bonds is 5. The van der Waals surface area contributed by atoms with Gasteiger partial charge in [-0.2, -0.15) is 10.2 Å². The molecule has 0 saturated heterocycles. The summed E-state index contributed by atoms with van der Waals surface area (Å²) in [5.41, 5.74) is 1.05. The molecule has 17 heavy (non-hydrogen) atoms. The molecule has 0 bridgehead atoms. The molecule has 0 saturated carbocycles. The minimum absolute atomic E-state index is 0.431. The minimum atomic E-state index is 0.431. The van der Waals surface area contributed by atoms with Crippen molar-refractivity contribution in [3.05, 3.63) is 41.8 Å². The van der Waals surface area contributed by atoms with Gasteiger partial charge in [0.25, 0.3) is 0 Å².